The van der Waals surface area contributed by atoms with Crippen LogP contribution < -0.4 is 16.4 Å². The van der Waals surface area contributed by atoms with Crippen LogP contribution in [0.3, 0.4) is 0 Å². The third-order valence-corrected chi connectivity index (χ3v) is 6.23. The second-order valence-corrected chi connectivity index (χ2v) is 9.60. The maximum Gasteiger partial charge on any atom is 0.414 e. The molecule has 3 aromatic carbocycles. The highest BCUT2D eigenvalue weighted by molar-refractivity contribution is 9.11. The number of aromatic hydroxyl groups is 1. The number of carbonyl (C=O) groups is 3. The van der Waals surface area contributed by atoms with Gasteiger partial charge in [0.05, 0.1) is 15.8 Å². The van der Waals surface area contributed by atoms with Crippen molar-refractivity contribution in [1.29, 1.82) is 0 Å². The Morgan fingerprint density at radius 3 is 2.42 bits per heavy atom. The van der Waals surface area contributed by atoms with Crippen LogP contribution in [0, 0.1) is 0 Å². The SMILES string of the molecule is CCO[C@@H](/C=C/C(=O)Nc1ccccc1N)[C@@H](OC(=O)NC(=O)c1ccccc1)c1cc(Br)cc(Br)c1O. The second-order valence-electron chi connectivity index (χ2n) is 7.83. The number of nitrogens with one attached hydrogen (secondary N) is 2. The molecule has 0 bridgehead atoms. The van der Waals surface area contributed by atoms with Gasteiger partial charge in [-0.05, 0) is 65.3 Å². The highest BCUT2D eigenvalue weighted by Crippen LogP contribution is 2.39. The number of ether oxygens (including phenoxy) is 2. The quantitative estimate of drug-likeness (QED) is 0.173. The molecular formula is C27H25Br2N3O6. The molecule has 0 radical (unpaired) electrons. The van der Waals surface area contributed by atoms with Gasteiger partial charge in [0.1, 0.15) is 11.9 Å². The molecule has 198 valence electrons. The highest BCUT2D eigenvalue weighted by Gasteiger charge is 2.30. The number of nitrogens with two attached hydrogens (primary N) is 1. The van der Waals surface area contributed by atoms with Gasteiger partial charge >= 0.3 is 6.09 Å². The molecule has 0 heterocycles. The zero-order valence-corrected chi connectivity index (χ0v) is 23.4. The minimum absolute atomic E-state index is 0.171. The van der Waals surface area contributed by atoms with Crippen molar-refractivity contribution in [3.8, 4) is 5.75 Å². The van der Waals surface area contributed by atoms with E-state index in [1.54, 1.807) is 73.7 Å². The standard InChI is InChI=1S/C27H25Br2N3O6/c1-2-37-22(12-13-23(33)31-21-11-7-6-10-20(21)30)25(18-14-17(28)15-19(29)24(18)34)38-27(36)32-26(35)16-8-4-3-5-9-16/h3-15,22,25,34H,2,30H2,1H3,(H,31,33)(H,32,35,36)/b13-12+/t22-,25-/m0/s1. The van der Waals surface area contributed by atoms with E-state index in [0.717, 1.165) is 0 Å². The number of halogens is 2. The molecule has 0 aliphatic rings. The molecule has 0 aliphatic carbocycles. The van der Waals surface area contributed by atoms with Crippen LogP contribution in [-0.4, -0.2) is 35.7 Å². The predicted octanol–water partition coefficient (Wildman–Crippen LogP) is 5.71. The van der Waals surface area contributed by atoms with Crippen LogP contribution in [0.15, 0.2) is 87.8 Å². The van der Waals surface area contributed by atoms with Crippen LogP contribution in [0.25, 0.3) is 0 Å². The molecule has 0 unspecified atom stereocenters. The number of hydrogen-bond acceptors (Lipinski definition) is 7. The molecule has 0 aromatic heterocycles. The molecule has 9 nitrogen and oxygen atoms in total. The van der Waals surface area contributed by atoms with Gasteiger partial charge in [-0.2, -0.15) is 0 Å². The summed E-state index contributed by atoms with van der Waals surface area (Å²) in [6.45, 7) is 1.90. The van der Waals surface area contributed by atoms with Gasteiger partial charge in [-0.1, -0.05) is 46.3 Å². The van der Waals surface area contributed by atoms with E-state index >= 15 is 0 Å². The lowest BCUT2D eigenvalue weighted by molar-refractivity contribution is -0.112. The van der Waals surface area contributed by atoms with Crippen molar-refractivity contribution in [2.75, 3.05) is 17.7 Å². The Balaban J connectivity index is 1.89. The summed E-state index contributed by atoms with van der Waals surface area (Å²) in [6.07, 6.45) is -0.746. The number of hydrogen-bond donors (Lipinski definition) is 4. The number of para-hydroxylation sites is 2. The molecule has 11 heteroatoms. The lowest BCUT2D eigenvalue weighted by Gasteiger charge is -2.26. The van der Waals surface area contributed by atoms with Crippen LogP contribution in [0.4, 0.5) is 16.2 Å². The molecular weight excluding hydrogens is 622 g/mol. The molecule has 0 spiro atoms. The minimum atomic E-state index is -1.25. The lowest BCUT2D eigenvalue weighted by Crippen LogP contribution is -2.35. The summed E-state index contributed by atoms with van der Waals surface area (Å²) in [6, 6.07) is 18.1. The van der Waals surface area contributed by atoms with Gasteiger partial charge in [-0.3, -0.25) is 14.9 Å². The number of alkyl carbamates (subject to hydrolysis) is 1. The molecule has 0 fully saturated rings. The normalized spacial score (nSPS) is 12.5. The number of phenolic OH excluding ortho intramolecular Hbond substituents is 1. The Kier molecular flexibility index (Phi) is 10.5. The zero-order chi connectivity index (χ0) is 27.7. The Morgan fingerprint density at radius 1 is 1.05 bits per heavy atom. The molecule has 0 aliphatic heterocycles. The molecule has 38 heavy (non-hydrogen) atoms. The van der Waals surface area contributed by atoms with E-state index in [0.29, 0.717) is 20.3 Å². The predicted molar refractivity (Wildman–Crippen MR) is 151 cm³/mol. The summed E-state index contributed by atoms with van der Waals surface area (Å²) in [5, 5.41) is 15.6. The number of imide groups is 1. The van der Waals surface area contributed by atoms with E-state index < -0.39 is 30.1 Å². The van der Waals surface area contributed by atoms with E-state index in [4.69, 9.17) is 15.2 Å². The van der Waals surface area contributed by atoms with Gasteiger partial charge in [0, 0.05) is 28.3 Å². The number of phenols is 1. The average molecular weight is 647 g/mol. The Labute approximate surface area is 236 Å². The van der Waals surface area contributed by atoms with Crippen LogP contribution in [0.1, 0.15) is 28.9 Å². The van der Waals surface area contributed by atoms with Crippen molar-refractivity contribution >= 4 is 61.1 Å². The smallest absolute Gasteiger partial charge is 0.414 e. The molecule has 5 N–H and O–H groups in total. The molecule has 3 aromatic rings. The summed E-state index contributed by atoms with van der Waals surface area (Å²) >= 11 is 6.63. The number of amides is 3. The molecule has 0 saturated carbocycles. The van der Waals surface area contributed by atoms with Crippen LogP contribution in [0.5, 0.6) is 5.75 Å². The summed E-state index contributed by atoms with van der Waals surface area (Å²) in [5.74, 6) is -1.38. The number of anilines is 2. The van der Waals surface area contributed by atoms with E-state index in [2.05, 4.69) is 42.5 Å². The first-order chi connectivity index (χ1) is 18.2. The number of rotatable bonds is 9. The van der Waals surface area contributed by atoms with Crippen molar-refractivity contribution in [3.05, 3.63) is 99.0 Å². The highest BCUT2D eigenvalue weighted by atomic mass is 79.9. The Hall–Kier alpha value is -3.67. The third-order valence-electron chi connectivity index (χ3n) is 5.16. The topological polar surface area (TPSA) is 140 Å². The van der Waals surface area contributed by atoms with Crippen LogP contribution >= 0.6 is 31.9 Å². The van der Waals surface area contributed by atoms with E-state index in [-0.39, 0.29) is 23.5 Å². The number of nitrogen functional groups attached to an aromatic ring is 1. The monoisotopic (exact) mass is 645 g/mol. The zero-order valence-electron chi connectivity index (χ0n) is 20.2. The molecule has 0 saturated heterocycles. The van der Waals surface area contributed by atoms with Crippen molar-refractivity contribution < 1.29 is 29.0 Å². The summed E-state index contributed by atoms with van der Waals surface area (Å²) in [5.41, 5.74) is 7.13. The molecule has 3 amide bonds. The van der Waals surface area contributed by atoms with E-state index in [9.17, 15) is 19.5 Å². The Bertz CT molecular complexity index is 1330. The fourth-order valence-corrected chi connectivity index (χ4v) is 4.67. The van der Waals surface area contributed by atoms with Crippen molar-refractivity contribution in [1.82, 2.24) is 5.32 Å². The lowest BCUT2D eigenvalue weighted by atomic mass is 10.0. The first-order valence-corrected chi connectivity index (χ1v) is 13.0. The van der Waals surface area contributed by atoms with Crippen molar-refractivity contribution in [3.63, 3.8) is 0 Å². The summed E-state index contributed by atoms with van der Waals surface area (Å²) in [4.78, 5) is 37.9. The number of carbonyl (C=O) groups excluding carboxylic acids is 3. The van der Waals surface area contributed by atoms with Crippen molar-refractivity contribution in [2.45, 2.75) is 19.1 Å². The van der Waals surface area contributed by atoms with E-state index in [1.807, 2.05) is 0 Å². The van der Waals surface area contributed by atoms with Crippen LogP contribution in [0.2, 0.25) is 0 Å². The molecule has 3 rings (SSSR count). The average Bonchev–Trinajstić information content (AvgIpc) is 2.89. The van der Waals surface area contributed by atoms with Gasteiger partial charge in [0.25, 0.3) is 5.91 Å². The van der Waals surface area contributed by atoms with Gasteiger partial charge in [0.15, 0.2) is 6.10 Å². The molecule has 2 atom stereocenters. The Morgan fingerprint density at radius 2 is 1.74 bits per heavy atom. The van der Waals surface area contributed by atoms with Gasteiger partial charge < -0.3 is 25.6 Å². The fourth-order valence-electron chi connectivity index (χ4n) is 3.41. The minimum Gasteiger partial charge on any atom is -0.506 e. The maximum atomic E-state index is 12.8. The largest absolute Gasteiger partial charge is 0.506 e. The fraction of sp³-hybridized carbons (Fsp3) is 0.148. The third kappa shape index (κ3) is 7.91. The summed E-state index contributed by atoms with van der Waals surface area (Å²) in [7, 11) is 0. The number of benzene rings is 3. The van der Waals surface area contributed by atoms with Gasteiger partial charge in [-0.25, -0.2) is 4.79 Å². The first kappa shape index (κ1) is 28.9. The summed E-state index contributed by atoms with van der Waals surface area (Å²) < 4.78 is 12.3. The van der Waals surface area contributed by atoms with Crippen LogP contribution in [-0.2, 0) is 14.3 Å². The maximum absolute atomic E-state index is 12.8. The second kappa shape index (κ2) is 13.8. The van der Waals surface area contributed by atoms with Gasteiger partial charge in [0.2, 0.25) is 5.91 Å². The van der Waals surface area contributed by atoms with Crippen molar-refractivity contribution in [2.24, 2.45) is 0 Å². The van der Waals surface area contributed by atoms with Gasteiger partial charge in [-0.15, -0.1) is 0 Å². The van der Waals surface area contributed by atoms with E-state index in [1.165, 1.54) is 12.2 Å². The first-order valence-electron chi connectivity index (χ1n) is 11.4.